The van der Waals surface area contributed by atoms with E-state index in [4.69, 9.17) is 9.15 Å². The van der Waals surface area contributed by atoms with Crippen molar-refractivity contribution in [2.24, 2.45) is 0 Å². The summed E-state index contributed by atoms with van der Waals surface area (Å²) in [4.78, 5) is 23.0. The van der Waals surface area contributed by atoms with Gasteiger partial charge in [0.1, 0.15) is 11.3 Å². The normalized spacial score (nSPS) is 11.4. The van der Waals surface area contributed by atoms with Crippen LogP contribution in [0.3, 0.4) is 0 Å². The van der Waals surface area contributed by atoms with Gasteiger partial charge < -0.3 is 13.3 Å². The summed E-state index contributed by atoms with van der Waals surface area (Å²) >= 11 is 0. The smallest absolute Gasteiger partial charge is 0.466 e. The number of ether oxygens (including phenoxy) is 1. The number of halogens is 1. The Labute approximate surface area is 124 Å². The molecule has 2 rings (SSSR count). The van der Waals surface area contributed by atoms with Crippen LogP contribution in [0.1, 0.15) is 12.5 Å². The molecule has 0 spiro atoms. The van der Waals surface area contributed by atoms with Gasteiger partial charge in [0.15, 0.2) is 0 Å². The van der Waals surface area contributed by atoms with Gasteiger partial charge in [-0.3, -0.25) is 4.79 Å². The van der Waals surface area contributed by atoms with Gasteiger partial charge in [-0.05, 0) is 30.7 Å². The number of carbonyl (C=O) groups excluding carboxylic acids is 1. The van der Waals surface area contributed by atoms with Crippen LogP contribution < -0.4 is 9.81 Å². The van der Waals surface area contributed by atoms with Gasteiger partial charge in [0.25, 0.3) is 0 Å². The van der Waals surface area contributed by atoms with Crippen LogP contribution in [0.25, 0.3) is 11.0 Å². The summed E-state index contributed by atoms with van der Waals surface area (Å²) in [6.45, 7) is 1.81. The van der Waals surface area contributed by atoms with Crippen LogP contribution >= 0.6 is 0 Å². The maximum absolute atomic E-state index is 12.6. The van der Waals surface area contributed by atoms with Crippen molar-refractivity contribution in [2.45, 2.75) is 13.3 Å². The van der Waals surface area contributed by atoms with Gasteiger partial charge in [-0.2, -0.15) is 8.42 Å². The minimum Gasteiger partial charge on any atom is -0.466 e. The number of hydrogen-bond acceptors (Lipinski definition) is 7. The Morgan fingerprint density at radius 1 is 1.32 bits per heavy atom. The van der Waals surface area contributed by atoms with E-state index in [-0.39, 0.29) is 35.3 Å². The van der Waals surface area contributed by atoms with Gasteiger partial charge >= 0.3 is 22.1 Å². The molecule has 1 aromatic heterocycles. The largest absolute Gasteiger partial charge is 0.488 e. The van der Waals surface area contributed by atoms with Crippen LogP contribution in [-0.2, 0) is 26.5 Å². The van der Waals surface area contributed by atoms with Crippen molar-refractivity contribution in [3.8, 4) is 5.75 Å². The molecule has 1 heterocycles. The summed E-state index contributed by atoms with van der Waals surface area (Å²) in [7, 11) is -5.18. The first kappa shape index (κ1) is 16.0. The summed E-state index contributed by atoms with van der Waals surface area (Å²) in [6, 6.07) is 4.60. The molecule has 0 aliphatic carbocycles. The Balaban J connectivity index is 2.51. The lowest BCUT2D eigenvalue weighted by molar-refractivity contribution is -0.142. The molecule has 0 atom stereocenters. The second kappa shape index (κ2) is 6.14. The minimum absolute atomic E-state index is 0.107. The van der Waals surface area contributed by atoms with Gasteiger partial charge in [-0.25, -0.2) is 4.79 Å². The monoisotopic (exact) mass is 330 g/mol. The third-order valence-corrected chi connectivity index (χ3v) is 3.03. The average molecular weight is 330 g/mol. The van der Waals surface area contributed by atoms with Gasteiger partial charge in [-0.1, -0.05) is 3.89 Å². The number of benzene rings is 1. The van der Waals surface area contributed by atoms with Crippen molar-refractivity contribution in [2.75, 3.05) is 6.61 Å². The van der Waals surface area contributed by atoms with Crippen molar-refractivity contribution in [1.29, 1.82) is 0 Å². The fraction of sp³-hybridized carbons (Fsp3) is 0.231. The average Bonchev–Trinajstić information content (AvgIpc) is 2.37. The molecule has 0 aliphatic rings. The molecule has 0 saturated heterocycles. The summed E-state index contributed by atoms with van der Waals surface area (Å²) in [5.41, 5.74) is -0.319. The van der Waals surface area contributed by atoms with E-state index in [1.54, 1.807) is 6.92 Å². The molecule has 0 radical (unpaired) electrons. The standard InChI is InChI=1S/C13H11FO7S/c1-2-19-12(15)5-8-6-13(16)20-11-4-3-9(7-10(8)11)21-22(14,17)18/h3-4,6-7H,2,5H2,1H3. The fourth-order valence-corrected chi connectivity index (χ4v) is 2.22. The summed E-state index contributed by atoms with van der Waals surface area (Å²) in [5.74, 6) is -0.882. The lowest BCUT2D eigenvalue weighted by atomic mass is 10.1. The first-order valence-corrected chi connectivity index (χ1v) is 7.46. The second-order valence-electron chi connectivity index (χ2n) is 4.21. The molecule has 0 N–H and O–H groups in total. The highest BCUT2D eigenvalue weighted by molar-refractivity contribution is 7.81. The Hall–Kier alpha value is -2.42. The molecule has 0 bridgehead atoms. The van der Waals surface area contributed by atoms with E-state index >= 15 is 0 Å². The van der Waals surface area contributed by atoms with E-state index in [0.717, 1.165) is 18.2 Å². The molecule has 0 saturated carbocycles. The molecule has 118 valence electrons. The summed E-state index contributed by atoms with van der Waals surface area (Å²) < 4.78 is 47.4. The van der Waals surface area contributed by atoms with E-state index in [0.29, 0.717) is 0 Å². The topological polar surface area (TPSA) is 99.9 Å². The van der Waals surface area contributed by atoms with Crippen molar-refractivity contribution in [1.82, 2.24) is 0 Å². The quantitative estimate of drug-likeness (QED) is 0.465. The fourth-order valence-electron chi connectivity index (χ4n) is 1.89. The Bertz CT molecular complexity index is 870. The molecule has 9 heteroatoms. The first-order chi connectivity index (χ1) is 10.3. The number of carbonyl (C=O) groups is 1. The van der Waals surface area contributed by atoms with Crippen molar-refractivity contribution < 1.29 is 30.4 Å². The second-order valence-corrected chi connectivity index (χ2v) is 5.16. The number of fused-ring (bicyclic) bond motifs is 1. The molecule has 1 aromatic carbocycles. The molecular formula is C13H11FO7S. The van der Waals surface area contributed by atoms with Crippen LogP contribution in [0.5, 0.6) is 5.75 Å². The van der Waals surface area contributed by atoms with Crippen LogP contribution in [0.4, 0.5) is 3.89 Å². The lowest BCUT2D eigenvalue weighted by Gasteiger charge is -2.07. The molecule has 22 heavy (non-hydrogen) atoms. The van der Waals surface area contributed by atoms with Gasteiger partial charge in [0, 0.05) is 11.5 Å². The maximum atomic E-state index is 12.6. The SMILES string of the molecule is CCOC(=O)Cc1cc(=O)oc2ccc(OS(=O)(=O)F)cc12. The Morgan fingerprint density at radius 2 is 2.05 bits per heavy atom. The number of esters is 1. The highest BCUT2D eigenvalue weighted by Gasteiger charge is 2.14. The molecule has 0 unspecified atom stereocenters. The van der Waals surface area contributed by atoms with Crippen molar-refractivity contribution >= 4 is 27.4 Å². The van der Waals surface area contributed by atoms with E-state index < -0.39 is 22.1 Å². The van der Waals surface area contributed by atoms with Crippen LogP contribution in [0, 0.1) is 0 Å². The van der Waals surface area contributed by atoms with Crippen LogP contribution in [0.2, 0.25) is 0 Å². The molecular weight excluding hydrogens is 319 g/mol. The summed E-state index contributed by atoms with van der Waals surface area (Å²) in [5, 5.41) is 0.244. The lowest BCUT2D eigenvalue weighted by Crippen LogP contribution is -2.10. The van der Waals surface area contributed by atoms with Crippen molar-refractivity contribution in [3.63, 3.8) is 0 Å². The zero-order valence-corrected chi connectivity index (χ0v) is 12.2. The predicted molar refractivity (Wildman–Crippen MR) is 73.5 cm³/mol. The zero-order valence-electron chi connectivity index (χ0n) is 11.4. The minimum atomic E-state index is -5.18. The van der Waals surface area contributed by atoms with Gasteiger partial charge in [0.05, 0.1) is 13.0 Å². The Morgan fingerprint density at radius 3 is 2.68 bits per heavy atom. The molecule has 2 aromatic rings. The molecule has 0 aliphatic heterocycles. The third-order valence-electron chi connectivity index (χ3n) is 2.64. The number of hydrogen-bond donors (Lipinski definition) is 0. The van der Waals surface area contributed by atoms with E-state index in [9.17, 15) is 21.9 Å². The predicted octanol–water partition coefficient (Wildman–Crippen LogP) is 1.49. The van der Waals surface area contributed by atoms with E-state index in [2.05, 4.69) is 4.18 Å². The zero-order chi connectivity index (χ0) is 16.3. The first-order valence-electron chi connectivity index (χ1n) is 6.15. The number of rotatable bonds is 5. The molecule has 7 nitrogen and oxygen atoms in total. The van der Waals surface area contributed by atoms with Crippen LogP contribution in [-0.4, -0.2) is 21.0 Å². The molecule has 0 amide bonds. The van der Waals surface area contributed by atoms with Crippen molar-refractivity contribution in [3.05, 3.63) is 40.2 Å². The van der Waals surface area contributed by atoms with Crippen LogP contribution in [0.15, 0.2) is 33.5 Å². The van der Waals surface area contributed by atoms with Gasteiger partial charge in [-0.15, -0.1) is 0 Å². The van der Waals surface area contributed by atoms with Gasteiger partial charge in [0.2, 0.25) is 0 Å². The molecule has 0 fully saturated rings. The highest BCUT2D eigenvalue weighted by Crippen LogP contribution is 2.24. The van der Waals surface area contributed by atoms with E-state index in [1.165, 1.54) is 6.07 Å². The van der Waals surface area contributed by atoms with E-state index in [1.807, 2.05) is 0 Å². The summed E-state index contributed by atoms with van der Waals surface area (Å²) in [6.07, 6.45) is -0.220. The third kappa shape index (κ3) is 4.04. The maximum Gasteiger partial charge on any atom is 0.488 e. The Kier molecular flexibility index (Phi) is 4.45. The highest BCUT2D eigenvalue weighted by atomic mass is 32.3.